The Kier molecular flexibility index (Phi) is 5.27. The van der Waals surface area contributed by atoms with Crippen LogP contribution in [-0.2, 0) is 16.7 Å². The topological polar surface area (TPSA) is 111 Å². The summed E-state index contributed by atoms with van der Waals surface area (Å²) in [5.74, 6) is -1.42. The van der Waals surface area contributed by atoms with Crippen LogP contribution in [0.1, 0.15) is 69.2 Å². The van der Waals surface area contributed by atoms with Gasteiger partial charge in [0.05, 0.1) is 18.2 Å². The molecule has 0 spiro atoms. The Hall–Kier alpha value is -2.71. The van der Waals surface area contributed by atoms with Crippen LogP contribution in [0.4, 0.5) is 5.00 Å². The lowest BCUT2D eigenvalue weighted by Crippen LogP contribution is -2.55. The number of ether oxygens (including phenoxy) is 1. The van der Waals surface area contributed by atoms with Gasteiger partial charge in [0.1, 0.15) is 5.00 Å². The molecule has 0 fully saturated rings. The highest BCUT2D eigenvalue weighted by Gasteiger charge is 2.41. The first-order valence-electron chi connectivity index (χ1n) is 9.20. The molecular weight excluding hydrogens is 390 g/mol. The number of nitrogens with two attached hydrogens (primary N) is 1. The SMILES string of the molecule is COC(=O)c1ccc(C(=O)Nc2sc3c(c2C(N)=O)CC(C)(C)NC3(C)C)cc1. The van der Waals surface area contributed by atoms with Gasteiger partial charge in [0.2, 0.25) is 0 Å². The summed E-state index contributed by atoms with van der Waals surface area (Å²) in [6.45, 7) is 8.23. The number of carbonyl (C=O) groups excluding carboxylic acids is 3. The third-order valence-corrected chi connectivity index (χ3v) is 6.36. The number of benzene rings is 1. The Morgan fingerprint density at radius 2 is 1.69 bits per heavy atom. The molecule has 8 heteroatoms. The second-order valence-corrected chi connectivity index (χ2v) is 9.33. The summed E-state index contributed by atoms with van der Waals surface area (Å²) in [5, 5.41) is 6.85. The van der Waals surface area contributed by atoms with Gasteiger partial charge in [0.15, 0.2) is 0 Å². The summed E-state index contributed by atoms with van der Waals surface area (Å²) in [7, 11) is 1.30. The number of carbonyl (C=O) groups is 3. The first kappa shape index (κ1) is 21.0. The molecule has 29 heavy (non-hydrogen) atoms. The molecular formula is C21H25N3O4S. The fraction of sp³-hybridized carbons (Fsp3) is 0.381. The van der Waals surface area contributed by atoms with Crippen molar-refractivity contribution in [3.63, 3.8) is 0 Å². The molecule has 3 rings (SSSR count). The highest BCUT2D eigenvalue weighted by molar-refractivity contribution is 7.17. The number of esters is 1. The number of nitrogens with one attached hydrogen (secondary N) is 2. The van der Waals surface area contributed by atoms with Gasteiger partial charge in [0, 0.05) is 21.5 Å². The van der Waals surface area contributed by atoms with E-state index in [0.29, 0.717) is 28.1 Å². The summed E-state index contributed by atoms with van der Waals surface area (Å²) in [5.41, 5.74) is 7.07. The predicted octanol–water partition coefficient (Wildman–Crippen LogP) is 3.05. The molecule has 4 N–H and O–H groups in total. The normalized spacial score (nSPS) is 16.6. The third kappa shape index (κ3) is 4.04. The Morgan fingerprint density at radius 3 is 2.24 bits per heavy atom. The standard InChI is InChI=1S/C21H25N3O4S/c1-20(2)10-13-14(16(22)25)18(29-15(13)21(3,4)24-20)23-17(26)11-6-8-12(9-7-11)19(27)28-5/h6-9,24H,10H2,1-5H3,(H2,22,25)(H,23,26). The quantitative estimate of drug-likeness (QED) is 0.665. The molecule has 1 aliphatic rings. The summed E-state index contributed by atoms with van der Waals surface area (Å²) < 4.78 is 4.66. The lowest BCUT2D eigenvalue weighted by molar-refractivity contribution is 0.0600. The Balaban J connectivity index is 1.96. The van der Waals surface area contributed by atoms with Crippen LogP contribution in [0, 0.1) is 0 Å². The molecule has 1 aliphatic heterocycles. The van der Waals surface area contributed by atoms with E-state index in [2.05, 4.69) is 29.2 Å². The van der Waals surface area contributed by atoms with E-state index in [1.54, 1.807) is 0 Å². The predicted molar refractivity (Wildman–Crippen MR) is 113 cm³/mol. The van der Waals surface area contributed by atoms with Crippen molar-refractivity contribution in [2.75, 3.05) is 12.4 Å². The second kappa shape index (κ2) is 7.27. The van der Waals surface area contributed by atoms with Crippen LogP contribution < -0.4 is 16.4 Å². The van der Waals surface area contributed by atoms with E-state index in [0.717, 1.165) is 10.4 Å². The van der Waals surface area contributed by atoms with E-state index in [1.165, 1.54) is 42.7 Å². The van der Waals surface area contributed by atoms with Gasteiger partial charge in [0.25, 0.3) is 11.8 Å². The molecule has 0 bridgehead atoms. The minimum atomic E-state index is -0.563. The van der Waals surface area contributed by atoms with Crippen molar-refractivity contribution in [2.45, 2.75) is 45.2 Å². The molecule has 7 nitrogen and oxygen atoms in total. The lowest BCUT2D eigenvalue weighted by Gasteiger charge is -2.42. The van der Waals surface area contributed by atoms with Gasteiger partial charge in [-0.3, -0.25) is 9.59 Å². The van der Waals surface area contributed by atoms with Gasteiger partial charge in [-0.05, 0) is 63.9 Å². The fourth-order valence-electron chi connectivity index (χ4n) is 3.93. The fourth-order valence-corrected chi connectivity index (χ4v) is 5.20. The van der Waals surface area contributed by atoms with Crippen LogP contribution >= 0.6 is 11.3 Å². The molecule has 2 amide bonds. The van der Waals surface area contributed by atoms with Crippen molar-refractivity contribution in [3.05, 3.63) is 51.4 Å². The van der Waals surface area contributed by atoms with Crippen molar-refractivity contribution < 1.29 is 19.1 Å². The average molecular weight is 416 g/mol. The van der Waals surface area contributed by atoms with E-state index in [1.807, 2.05) is 13.8 Å². The molecule has 2 heterocycles. The number of thiophene rings is 1. The highest BCUT2D eigenvalue weighted by Crippen LogP contribution is 2.44. The van der Waals surface area contributed by atoms with Crippen molar-refractivity contribution in [2.24, 2.45) is 5.73 Å². The maximum absolute atomic E-state index is 12.8. The minimum absolute atomic E-state index is 0.216. The lowest BCUT2D eigenvalue weighted by atomic mass is 9.81. The monoisotopic (exact) mass is 415 g/mol. The summed E-state index contributed by atoms with van der Waals surface area (Å²) in [6, 6.07) is 6.11. The van der Waals surface area contributed by atoms with Crippen LogP contribution in [0.2, 0.25) is 0 Å². The van der Waals surface area contributed by atoms with Crippen LogP contribution in [0.3, 0.4) is 0 Å². The molecule has 0 saturated carbocycles. The number of hydrogen-bond acceptors (Lipinski definition) is 6. The van der Waals surface area contributed by atoms with Crippen LogP contribution in [0.25, 0.3) is 0 Å². The number of amides is 2. The Bertz CT molecular complexity index is 990. The van der Waals surface area contributed by atoms with E-state index >= 15 is 0 Å². The molecule has 1 aromatic carbocycles. The smallest absolute Gasteiger partial charge is 0.337 e. The Morgan fingerprint density at radius 1 is 1.10 bits per heavy atom. The van der Waals surface area contributed by atoms with E-state index in [-0.39, 0.29) is 17.0 Å². The Labute approximate surface area is 173 Å². The van der Waals surface area contributed by atoms with Gasteiger partial charge in [-0.25, -0.2) is 4.79 Å². The number of fused-ring (bicyclic) bond motifs is 1. The second-order valence-electron chi connectivity index (χ2n) is 8.31. The molecule has 1 aromatic heterocycles. The summed E-state index contributed by atoms with van der Waals surface area (Å²) >= 11 is 1.36. The van der Waals surface area contributed by atoms with Crippen LogP contribution in [0.5, 0.6) is 0 Å². The van der Waals surface area contributed by atoms with Crippen molar-refractivity contribution >= 4 is 34.1 Å². The van der Waals surface area contributed by atoms with Gasteiger partial charge >= 0.3 is 5.97 Å². The van der Waals surface area contributed by atoms with Gasteiger partial charge in [-0.1, -0.05) is 0 Å². The molecule has 154 valence electrons. The molecule has 0 atom stereocenters. The molecule has 0 radical (unpaired) electrons. The van der Waals surface area contributed by atoms with Gasteiger partial charge in [-0.15, -0.1) is 11.3 Å². The zero-order valence-electron chi connectivity index (χ0n) is 17.1. The summed E-state index contributed by atoms with van der Waals surface area (Å²) in [4.78, 5) is 37.5. The average Bonchev–Trinajstić information content (AvgIpc) is 2.98. The molecule has 0 aliphatic carbocycles. The first-order valence-corrected chi connectivity index (χ1v) is 10.0. The number of hydrogen-bond donors (Lipinski definition) is 3. The third-order valence-electron chi connectivity index (χ3n) is 4.89. The minimum Gasteiger partial charge on any atom is -0.465 e. The number of primary amides is 1. The van der Waals surface area contributed by atoms with Gasteiger partial charge < -0.3 is 21.1 Å². The zero-order chi connectivity index (χ0) is 21.6. The van der Waals surface area contributed by atoms with E-state index < -0.39 is 11.9 Å². The van der Waals surface area contributed by atoms with Crippen molar-refractivity contribution in [3.8, 4) is 0 Å². The summed E-state index contributed by atoms with van der Waals surface area (Å²) in [6.07, 6.45) is 0.629. The van der Waals surface area contributed by atoms with Gasteiger partial charge in [-0.2, -0.15) is 0 Å². The molecule has 2 aromatic rings. The number of methoxy groups -OCH3 is 1. The highest BCUT2D eigenvalue weighted by atomic mass is 32.1. The zero-order valence-corrected chi connectivity index (χ0v) is 18.0. The molecule has 0 saturated heterocycles. The van der Waals surface area contributed by atoms with Crippen LogP contribution in [-0.4, -0.2) is 30.4 Å². The maximum Gasteiger partial charge on any atom is 0.337 e. The van der Waals surface area contributed by atoms with Crippen LogP contribution in [0.15, 0.2) is 24.3 Å². The number of rotatable bonds is 4. The molecule has 0 unspecified atom stereocenters. The maximum atomic E-state index is 12.8. The van der Waals surface area contributed by atoms with Crippen molar-refractivity contribution in [1.29, 1.82) is 0 Å². The van der Waals surface area contributed by atoms with E-state index in [9.17, 15) is 14.4 Å². The first-order chi connectivity index (χ1) is 13.4. The largest absolute Gasteiger partial charge is 0.465 e. The van der Waals surface area contributed by atoms with E-state index in [4.69, 9.17) is 5.73 Å². The van der Waals surface area contributed by atoms with Crippen molar-refractivity contribution in [1.82, 2.24) is 5.32 Å². The number of anilines is 1.